The van der Waals surface area contributed by atoms with Gasteiger partial charge in [-0.05, 0) is 17.5 Å². The van der Waals surface area contributed by atoms with Crippen molar-refractivity contribution in [3.63, 3.8) is 0 Å². The van der Waals surface area contributed by atoms with E-state index in [1.165, 1.54) is 0 Å². The topological polar surface area (TPSA) is 82.3 Å². The smallest absolute Gasteiger partial charge is 0.404 e. The van der Waals surface area contributed by atoms with Gasteiger partial charge in [-0.25, -0.2) is 9.78 Å². The minimum Gasteiger partial charge on any atom is -0.443 e. The Bertz CT molecular complexity index is 402. The summed E-state index contributed by atoms with van der Waals surface area (Å²) in [5.74, 6) is 0.221. The van der Waals surface area contributed by atoms with Crippen molar-refractivity contribution >= 4 is 12.4 Å². The Kier molecular flexibility index (Phi) is 3.99. The van der Waals surface area contributed by atoms with Gasteiger partial charge in [0.15, 0.2) is 6.29 Å². The fourth-order valence-electron chi connectivity index (χ4n) is 1.34. The lowest BCUT2D eigenvalue weighted by molar-refractivity contribution is 0.111. The number of hydrogen-bond donors (Lipinski definition) is 1. The monoisotopic (exact) mass is 222 g/mol. The molecule has 0 bridgehead atoms. The second kappa shape index (κ2) is 5.25. The summed E-state index contributed by atoms with van der Waals surface area (Å²) in [6, 6.07) is 3.52. The Labute approximate surface area is 93.6 Å². The van der Waals surface area contributed by atoms with E-state index in [9.17, 15) is 9.59 Å². The van der Waals surface area contributed by atoms with Gasteiger partial charge in [-0.15, -0.1) is 0 Å². The standard InChI is InChI=1S/C11H14N2O3/c1-7(2)9-4-3-8(6-16-11(12)15)13-10(9)5-14/h3-5,7H,6H2,1-2H3,(H2,12,15). The summed E-state index contributed by atoms with van der Waals surface area (Å²) in [7, 11) is 0. The van der Waals surface area contributed by atoms with Crippen LogP contribution in [0.3, 0.4) is 0 Å². The second-order valence-electron chi connectivity index (χ2n) is 3.66. The molecule has 1 aromatic rings. The lowest BCUT2D eigenvalue weighted by Gasteiger charge is -2.09. The van der Waals surface area contributed by atoms with Gasteiger partial charge in [-0.1, -0.05) is 19.9 Å². The Morgan fingerprint density at radius 3 is 2.75 bits per heavy atom. The Hall–Kier alpha value is -1.91. The molecule has 0 atom stereocenters. The van der Waals surface area contributed by atoms with Gasteiger partial charge in [0, 0.05) is 0 Å². The molecule has 5 nitrogen and oxygen atoms in total. The van der Waals surface area contributed by atoms with Gasteiger partial charge in [-0.3, -0.25) is 4.79 Å². The first kappa shape index (κ1) is 12.2. The van der Waals surface area contributed by atoms with E-state index < -0.39 is 6.09 Å². The summed E-state index contributed by atoms with van der Waals surface area (Å²) < 4.78 is 4.59. The number of aromatic nitrogens is 1. The average Bonchev–Trinajstić information content (AvgIpc) is 2.25. The number of nitrogens with zero attached hydrogens (tertiary/aromatic N) is 1. The molecule has 0 saturated heterocycles. The zero-order chi connectivity index (χ0) is 12.1. The van der Waals surface area contributed by atoms with Crippen LogP contribution in [0.1, 0.15) is 41.5 Å². The molecule has 0 aliphatic heterocycles. The van der Waals surface area contributed by atoms with E-state index in [1.54, 1.807) is 12.1 Å². The van der Waals surface area contributed by atoms with Crippen molar-refractivity contribution in [1.29, 1.82) is 0 Å². The number of rotatable bonds is 4. The molecule has 1 amide bonds. The van der Waals surface area contributed by atoms with E-state index in [0.29, 0.717) is 17.7 Å². The van der Waals surface area contributed by atoms with Crippen molar-refractivity contribution in [2.45, 2.75) is 26.4 Å². The highest BCUT2D eigenvalue weighted by atomic mass is 16.5. The summed E-state index contributed by atoms with van der Waals surface area (Å²) in [6.45, 7) is 3.93. The van der Waals surface area contributed by atoms with Gasteiger partial charge in [0.1, 0.15) is 12.3 Å². The zero-order valence-corrected chi connectivity index (χ0v) is 9.27. The maximum Gasteiger partial charge on any atom is 0.404 e. The summed E-state index contributed by atoms with van der Waals surface area (Å²) in [5, 5.41) is 0. The number of primary amides is 1. The first-order valence-corrected chi connectivity index (χ1v) is 4.91. The van der Waals surface area contributed by atoms with Crippen LogP contribution in [-0.4, -0.2) is 17.4 Å². The molecule has 0 aliphatic rings. The first-order chi connectivity index (χ1) is 7.54. The third-order valence-corrected chi connectivity index (χ3v) is 2.11. The van der Waals surface area contributed by atoms with Crippen LogP contribution in [0.25, 0.3) is 0 Å². The van der Waals surface area contributed by atoms with E-state index in [-0.39, 0.29) is 12.5 Å². The average molecular weight is 222 g/mol. The van der Waals surface area contributed by atoms with Gasteiger partial charge < -0.3 is 10.5 Å². The van der Waals surface area contributed by atoms with Crippen LogP contribution < -0.4 is 5.73 Å². The second-order valence-corrected chi connectivity index (χ2v) is 3.66. The van der Waals surface area contributed by atoms with Gasteiger partial charge in [-0.2, -0.15) is 0 Å². The van der Waals surface area contributed by atoms with Crippen molar-refractivity contribution in [2.75, 3.05) is 0 Å². The quantitative estimate of drug-likeness (QED) is 0.784. The molecule has 0 radical (unpaired) electrons. The van der Waals surface area contributed by atoms with Crippen LogP contribution in [0, 0.1) is 0 Å². The molecule has 0 aromatic carbocycles. The van der Waals surface area contributed by atoms with Crippen molar-refractivity contribution in [1.82, 2.24) is 4.98 Å². The molecule has 1 aromatic heterocycles. The maximum atomic E-state index is 10.8. The molecule has 5 heteroatoms. The van der Waals surface area contributed by atoms with Crippen LogP contribution >= 0.6 is 0 Å². The molecule has 0 fully saturated rings. The molecule has 0 unspecified atom stereocenters. The molecule has 16 heavy (non-hydrogen) atoms. The molecule has 2 N–H and O–H groups in total. The van der Waals surface area contributed by atoms with Gasteiger partial charge in [0.25, 0.3) is 0 Å². The van der Waals surface area contributed by atoms with Crippen molar-refractivity contribution < 1.29 is 14.3 Å². The molecular formula is C11H14N2O3. The predicted molar refractivity (Wildman–Crippen MR) is 58.1 cm³/mol. The van der Waals surface area contributed by atoms with E-state index >= 15 is 0 Å². The summed E-state index contributed by atoms with van der Waals surface area (Å²) in [4.78, 5) is 25.3. The molecule has 86 valence electrons. The van der Waals surface area contributed by atoms with E-state index in [2.05, 4.69) is 9.72 Å². The number of ether oxygens (including phenoxy) is 1. The number of aldehydes is 1. The van der Waals surface area contributed by atoms with E-state index in [1.807, 2.05) is 13.8 Å². The SMILES string of the molecule is CC(C)c1ccc(COC(N)=O)nc1C=O. The summed E-state index contributed by atoms with van der Waals surface area (Å²) in [5.41, 5.74) is 6.58. The number of hydrogen-bond acceptors (Lipinski definition) is 4. The predicted octanol–water partition coefficient (Wildman–Crippen LogP) is 1.61. The molecule has 1 heterocycles. The minimum atomic E-state index is -0.859. The van der Waals surface area contributed by atoms with Crippen LogP contribution in [0.5, 0.6) is 0 Å². The van der Waals surface area contributed by atoms with Crippen molar-refractivity contribution in [2.24, 2.45) is 5.73 Å². The van der Waals surface area contributed by atoms with Crippen LogP contribution in [0.4, 0.5) is 4.79 Å². The fourth-order valence-corrected chi connectivity index (χ4v) is 1.34. The van der Waals surface area contributed by atoms with E-state index in [4.69, 9.17) is 5.73 Å². The molecule has 1 rings (SSSR count). The maximum absolute atomic E-state index is 10.8. The molecule has 0 saturated carbocycles. The molecular weight excluding hydrogens is 208 g/mol. The minimum absolute atomic E-state index is 0.0193. The lowest BCUT2D eigenvalue weighted by Crippen LogP contribution is -2.13. The molecule has 0 aliphatic carbocycles. The first-order valence-electron chi connectivity index (χ1n) is 4.91. The fraction of sp³-hybridized carbons (Fsp3) is 0.364. The Morgan fingerprint density at radius 2 is 2.25 bits per heavy atom. The number of nitrogens with two attached hydrogens (primary N) is 1. The number of pyridine rings is 1. The van der Waals surface area contributed by atoms with Crippen molar-refractivity contribution in [3.8, 4) is 0 Å². The number of carbonyl (C=O) groups is 2. The van der Waals surface area contributed by atoms with Gasteiger partial charge >= 0.3 is 6.09 Å². The Balaban J connectivity index is 2.90. The third-order valence-electron chi connectivity index (χ3n) is 2.11. The Morgan fingerprint density at radius 1 is 1.56 bits per heavy atom. The number of carbonyl (C=O) groups excluding carboxylic acids is 2. The highest BCUT2D eigenvalue weighted by Crippen LogP contribution is 2.17. The number of amides is 1. The lowest BCUT2D eigenvalue weighted by atomic mass is 10.0. The van der Waals surface area contributed by atoms with Gasteiger partial charge in [0.05, 0.1) is 5.69 Å². The third kappa shape index (κ3) is 3.05. The van der Waals surface area contributed by atoms with Crippen LogP contribution in [0.15, 0.2) is 12.1 Å². The van der Waals surface area contributed by atoms with E-state index in [0.717, 1.165) is 5.56 Å². The van der Waals surface area contributed by atoms with Gasteiger partial charge in [0.2, 0.25) is 0 Å². The van der Waals surface area contributed by atoms with Crippen molar-refractivity contribution in [3.05, 3.63) is 29.1 Å². The largest absolute Gasteiger partial charge is 0.443 e. The summed E-state index contributed by atoms with van der Waals surface area (Å²) in [6.07, 6.45) is -0.161. The van der Waals surface area contributed by atoms with Crippen LogP contribution in [-0.2, 0) is 11.3 Å². The summed E-state index contributed by atoms with van der Waals surface area (Å²) >= 11 is 0. The normalized spacial score (nSPS) is 10.2. The molecule has 0 spiro atoms. The highest BCUT2D eigenvalue weighted by molar-refractivity contribution is 5.74. The van der Waals surface area contributed by atoms with Crippen LogP contribution in [0.2, 0.25) is 0 Å². The zero-order valence-electron chi connectivity index (χ0n) is 9.27. The highest BCUT2D eigenvalue weighted by Gasteiger charge is 2.09.